The summed E-state index contributed by atoms with van der Waals surface area (Å²) < 4.78 is 0. The van der Waals surface area contributed by atoms with Crippen molar-refractivity contribution in [3.63, 3.8) is 0 Å². The van der Waals surface area contributed by atoms with Crippen molar-refractivity contribution in [1.29, 1.82) is 0 Å². The number of hydrogen-bond donors (Lipinski definition) is 1. The quantitative estimate of drug-likeness (QED) is 0.353. The van der Waals surface area contributed by atoms with Crippen molar-refractivity contribution < 1.29 is 4.79 Å². The fraction of sp³-hybridized carbons (Fsp3) is 0. The third kappa shape index (κ3) is 1.94. The molecule has 2 aromatic rings. The maximum Gasteiger partial charge on any atom is 0.242 e. The van der Waals surface area contributed by atoms with E-state index in [4.69, 9.17) is 5.53 Å². The lowest BCUT2D eigenvalue weighted by Gasteiger charge is -1.95. The first-order valence-corrected chi connectivity index (χ1v) is 4.64. The highest BCUT2D eigenvalue weighted by molar-refractivity contribution is 5.96. The highest BCUT2D eigenvalue weighted by Crippen LogP contribution is 2.18. The van der Waals surface area contributed by atoms with Gasteiger partial charge >= 0.3 is 0 Å². The third-order valence-electron chi connectivity index (χ3n) is 2.18. The van der Waals surface area contributed by atoms with Gasteiger partial charge in [-0.15, -0.1) is 0 Å². The van der Waals surface area contributed by atoms with Gasteiger partial charge in [-0.3, -0.25) is 4.79 Å². The van der Waals surface area contributed by atoms with Gasteiger partial charge in [0.1, 0.15) is 0 Å². The molecule has 0 aliphatic carbocycles. The molecule has 1 N–H and O–H groups in total. The molecular weight excluding hydrogens is 204 g/mol. The zero-order valence-electron chi connectivity index (χ0n) is 8.29. The van der Waals surface area contributed by atoms with Crippen LogP contribution in [-0.2, 0) is 4.79 Å². The standard InChI is InChI=1S/C11H8N4O/c12-15-14-11(16)5-4-8-2-1-3-10-9(8)6-7-13-10/h1-7,13H/b5-4+. The molecule has 78 valence electrons. The molecule has 1 amide bonds. The molecule has 16 heavy (non-hydrogen) atoms. The average molecular weight is 212 g/mol. The SMILES string of the molecule is [N-]=[N+]=NC(=O)/C=C/c1cccc2[nH]ccc12. The van der Waals surface area contributed by atoms with Gasteiger partial charge in [0.25, 0.3) is 0 Å². The van der Waals surface area contributed by atoms with Gasteiger partial charge in [0, 0.05) is 22.0 Å². The summed E-state index contributed by atoms with van der Waals surface area (Å²) in [4.78, 5) is 16.5. The highest BCUT2D eigenvalue weighted by atomic mass is 16.1. The number of benzene rings is 1. The van der Waals surface area contributed by atoms with E-state index in [1.165, 1.54) is 6.08 Å². The monoisotopic (exact) mass is 212 g/mol. The van der Waals surface area contributed by atoms with Crippen LogP contribution in [-0.4, -0.2) is 10.9 Å². The lowest BCUT2D eigenvalue weighted by Crippen LogP contribution is -1.82. The maximum absolute atomic E-state index is 11.0. The van der Waals surface area contributed by atoms with E-state index in [-0.39, 0.29) is 0 Å². The van der Waals surface area contributed by atoms with E-state index in [1.54, 1.807) is 6.08 Å². The molecule has 0 aliphatic rings. The minimum atomic E-state index is -0.602. The molecule has 0 bridgehead atoms. The Labute approximate surface area is 91.0 Å². The number of nitrogens with zero attached hydrogens (tertiary/aromatic N) is 3. The Bertz CT molecular complexity index is 605. The van der Waals surface area contributed by atoms with Crippen LogP contribution in [0.4, 0.5) is 0 Å². The maximum atomic E-state index is 11.0. The molecular formula is C11H8N4O. The minimum absolute atomic E-state index is 0.602. The average Bonchev–Trinajstić information content (AvgIpc) is 2.75. The fourth-order valence-electron chi connectivity index (χ4n) is 1.49. The predicted octanol–water partition coefficient (Wildman–Crippen LogP) is 3.02. The van der Waals surface area contributed by atoms with E-state index in [0.717, 1.165) is 16.5 Å². The van der Waals surface area contributed by atoms with Crippen LogP contribution in [0.1, 0.15) is 5.56 Å². The van der Waals surface area contributed by atoms with Crippen LogP contribution in [0.2, 0.25) is 0 Å². The molecule has 1 aromatic heterocycles. The van der Waals surface area contributed by atoms with Gasteiger partial charge in [-0.2, -0.15) is 0 Å². The molecule has 1 heterocycles. The smallest absolute Gasteiger partial charge is 0.242 e. The fourth-order valence-corrected chi connectivity index (χ4v) is 1.49. The molecule has 0 atom stereocenters. The molecule has 2 rings (SSSR count). The van der Waals surface area contributed by atoms with E-state index in [2.05, 4.69) is 15.0 Å². The van der Waals surface area contributed by atoms with E-state index < -0.39 is 5.91 Å². The van der Waals surface area contributed by atoms with E-state index >= 15 is 0 Å². The molecule has 1 aromatic carbocycles. The second-order valence-corrected chi connectivity index (χ2v) is 3.15. The largest absolute Gasteiger partial charge is 0.361 e. The van der Waals surface area contributed by atoms with Crippen molar-refractivity contribution in [3.05, 3.63) is 52.5 Å². The summed E-state index contributed by atoms with van der Waals surface area (Å²) in [5.41, 5.74) is 9.97. The minimum Gasteiger partial charge on any atom is -0.361 e. The van der Waals surface area contributed by atoms with Crippen LogP contribution < -0.4 is 0 Å². The molecule has 0 unspecified atom stereocenters. The third-order valence-corrected chi connectivity index (χ3v) is 2.18. The Balaban J connectivity index is 2.37. The number of aromatic amines is 1. The van der Waals surface area contributed by atoms with Crippen LogP contribution >= 0.6 is 0 Å². The summed E-state index contributed by atoms with van der Waals surface area (Å²) in [6.45, 7) is 0. The number of nitrogens with one attached hydrogen (secondary N) is 1. The zero-order chi connectivity index (χ0) is 11.4. The Morgan fingerprint density at radius 2 is 2.31 bits per heavy atom. The molecule has 5 nitrogen and oxygen atoms in total. The second-order valence-electron chi connectivity index (χ2n) is 3.15. The number of H-pyrrole nitrogens is 1. The highest BCUT2D eigenvalue weighted by Gasteiger charge is 1.98. The van der Waals surface area contributed by atoms with Crippen molar-refractivity contribution in [3.8, 4) is 0 Å². The molecule has 5 heteroatoms. The Kier molecular flexibility index (Phi) is 2.71. The van der Waals surface area contributed by atoms with Crippen molar-refractivity contribution in [1.82, 2.24) is 4.98 Å². The number of rotatable bonds is 2. The first-order valence-electron chi connectivity index (χ1n) is 4.64. The molecule has 0 saturated heterocycles. The number of fused-ring (bicyclic) bond motifs is 1. The molecule has 0 aliphatic heterocycles. The van der Waals surface area contributed by atoms with Crippen LogP contribution in [0, 0.1) is 0 Å². The van der Waals surface area contributed by atoms with Gasteiger partial charge in [-0.05, 0) is 34.4 Å². The molecule has 0 radical (unpaired) electrons. The number of carbonyl (C=O) groups excluding carboxylic acids is 1. The van der Waals surface area contributed by atoms with Crippen molar-refractivity contribution in [2.45, 2.75) is 0 Å². The number of azide groups is 1. The van der Waals surface area contributed by atoms with E-state index in [1.807, 2.05) is 30.5 Å². The van der Waals surface area contributed by atoms with E-state index in [9.17, 15) is 4.79 Å². The van der Waals surface area contributed by atoms with Gasteiger partial charge in [0.05, 0.1) is 0 Å². The van der Waals surface area contributed by atoms with E-state index in [0.29, 0.717) is 0 Å². The normalized spacial score (nSPS) is 10.5. The topological polar surface area (TPSA) is 81.6 Å². The Morgan fingerprint density at radius 3 is 3.12 bits per heavy atom. The second kappa shape index (κ2) is 4.33. The van der Waals surface area contributed by atoms with Gasteiger partial charge in [0.2, 0.25) is 5.91 Å². The van der Waals surface area contributed by atoms with Crippen LogP contribution in [0.3, 0.4) is 0 Å². The molecule has 0 fully saturated rings. The number of amides is 1. The summed E-state index contributed by atoms with van der Waals surface area (Å²) in [7, 11) is 0. The number of carbonyl (C=O) groups is 1. The molecule has 0 saturated carbocycles. The van der Waals surface area contributed by atoms with Gasteiger partial charge < -0.3 is 4.98 Å². The van der Waals surface area contributed by atoms with Crippen molar-refractivity contribution in [2.75, 3.05) is 0 Å². The summed E-state index contributed by atoms with van der Waals surface area (Å²) in [6, 6.07) is 7.64. The van der Waals surface area contributed by atoms with Crippen molar-refractivity contribution in [2.24, 2.45) is 5.11 Å². The zero-order valence-corrected chi connectivity index (χ0v) is 8.29. The van der Waals surface area contributed by atoms with Gasteiger partial charge in [-0.1, -0.05) is 18.2 Å². The van der Waals surface area contributed by atoms with Crippen LogP contribution in [0.15, 0.2) is 41.7 Å². The summed E-state index contributed by atoms with van der Waals surface area (Å²) >= 11 is 0. The van der Waals surface area contributed by atoms with Crippen LogP contribution in [0.5, 0.6) is 0 Å². The Hall–Kier alpha value is -2.52. The summed E-state index contributed by atoms with van der Waals surface area (Å²) in [5.74, 6) is -0.602. The number of hydrogen-bond acceptors (Lipinski definition) is 1. The first-order chi connectivity index (χ1) is 7.81. The molecule has 0 spiro atoms. The Morgan fingerprint density at radius 1 is 1.44 bits per heavy atom. The first kappa shape index (κ1) is 10.0. The lowest BCUT2D eigenvalue weighted by atomic mass is 10.1. The summed E-state index contributed by atoms with van der Waals surface area (Å²) in [5, 5.41) is 3.98. The van der Waals surface area contributed by atoms with Gasteiger partial charge in [-0.25, -0.2) is 0 Å². The number of aromatic nitrogens is 1. The summed E-state index contributed by atoms with van der Waals surface area (Å²) in [6.07, 6.45) is 4.71. The predicted molar refractivity (Wildman–Crippen MR) is 61.5 cm³/mol. The van der Waals surface area contributed by atoms with Crippen molar-refractivity contribution >= 4 is 22.9 Å². The van der Waals surface area contributed by atoms with Gasteiger partial charge in [0.15, 0.2) is 0 Å². The lowest BCUT2D eigenvalue weighted by molar-refractivity contribution is -0.113. The van der Waals surface area contributed by atoms with Crippen LogP contribution in [0.25, 0.3) is 27.4 Å².